The Balaban J connectivity index is 2.06. The molecule has 0 aromatic heterocycles. The van der Waals surface area contributed by atoms with Crippen molar-refractivity contribution in [3.63, 3.8) is 0 Å². The molecule has 0 spiro atoms. The van der Waals surface area contributed by atoms with E-state index in [1.165, 1.54) is 12.1 Å². The summed E-state index contributed by atoms with van der Waals surface area (Å²) in [4.78, 5) is 14.3. The van der Waals surface area contributed by atoms with E-state index in [1.54, 1.807) is 13.8 Å². The molecular formula is C16H22F2N2O. The Morgan fingerprint density at radius 2 is 2.14 bits per heavy atom. The molecule has 1 fully saturated rings. The van der Waals surface area contributed by atoms with Gasteiger partial charge in [0, 0.05) is 18.0 Å². The summed E-state index contributed by atoms with van der Waals surface area (Å²) in [7, 11) is 2.00. The third-order valence-corrected chi connectivity index (χ3v) is 4.17. The summed E-state index contributed by atoms with van der Waals surface area (Å²) in [5.74, 6) is -1.94. The lowest BCUT2D eigenvalue weighted by Gasteiger charge is -2.29. The van der Waals surface area contributed by atoms with Gasteiger partial charge in [-0.05, 0) is 46.3 Å². The van der Waals surface area contributed by atoms with E-state index in [1.807, 2.05) is 7.05 Å². The van der Waals surface area contributed by atoms with Gasteiger partial charge in [0.15, 0.2) is 11.6 Å². The Labute approximate surface area is 124 Å². The number of benzene rings is 1. The first kappa shape index (κ1) is 15.9. The third-order valence-electron chi connectivity index (χ3n) is 4.17. The number of nitrogens with one attached hydrogen (secondary N) is 1. The van der Waals surface area contributed by atoms with Crippen LogP contribution in [0, 0.1) is 11.6 Å². The van der Waals surface area contributed by atoms with Gasteiger partial charge in [0.25, 0.3) is 0 Å². The minimum absolute atomic E-state index is 0.137. The molecule has 1 aliphatic rings. The highest BCUT2D eigenvalue weighted by Crippen LogP contribution is 2.25. The lowest BCUT2D eigenvalue weighted by molar-refractivity contribution is -0.123. The first-order chi connectivity index (χ1) is 9.81. The summed E-state index contributed by atoms with van der Waals surface area (Å²) in [5.41, 5.74) is -0.781. The number of nitrogens with zero attached hydrogens (tertiary/aromatic N) is 1. The molecule has 1 heterocycles. The molecule has 2 rings (SSSR count). The molecule has 0 bridgehead atoms. The fourth-order valence-corrected chi connectivity index (χ4v) is 2.90. The number of amides is 1. The second-order valence-electron chi connectivity index (χ2n) is 6.26. The topological polar surface area (TPSA) is 32.3 Å². The summed E-state index contributed by atoms with van der Waals surface area (Å²) in [6.07, 6.45) is 2.48. The minimum Gasteiger partial charge on any atom is -0.347 e. The number of hydrogen-bond acceptors (Lipinski definition) is 2. The Hall–Kier alpha value is -1.49. The molecule has 3 nitrogen and oxygen atoms in total. The molecule has 0 radical (unpaired) electrons. The smallest absolute Gasteiger partial charge is 0.222 e. The van der Waals surface area contributed by atoms with Crippen LogP contribution in [0.25, 0.3) is 0 Å². The fraction of sp³-hybridized carbons (Fsp3) is 0.562. The molecule has 0 aliphatic carbocycles. The van der Waals surface area contributed by atoms with Crippen molar-refractivity contribution in [1.29, 1.82) is 0 Å². The summed E-state index contributed by atoms with van der Waals surface area (Å²) >= 11 is 0. The number of likely N-dealkylation sites (tertiary alicyclic amines) is 1. The van der Waals surface area contributed by atoms with Crippen LogP contribution in [0.1, 0.15) is 38.7 Å². The first-order valence-electron chi connectivity index (χ1n) is 7.27. The van der Waals surface area contributed by atoms with Gasteiger partial charge < -0.3 is 10.2 Å². The SMILES string of the molecule is CN1CCC[C@H]1CC(=O)NC(C)(C)c1cccc(F)c1F. The van der Waals surface area contributed by atoms with Gasteiger partial charge in [0.2, 0.25) is 5.91 Å². The van der Waals surface area contributed by atoms with Crippen LogP contribution in [0.2, 0.25) is 0 Å². The van der Waals surface area contributed by atoms with Gasteiger partial charge in [-0.2, -0.15) is 0 Å². The summed E-state index contributed by atoms with van der Waals surface area (Å²) < 4.78 is 27.2. The van der Waals surface area contributed by atoms with Crippen molar-refractivity contribution in [3.8, 4) is 0 Å². The molecule has 1 atom stereocenters. The molecule has 1 aromatic rings. The van der Waals surface area contributed by atoms with Gasteiger partial charge in [0.05, 0.1) is 5.54 Å². The standard InChI is InChI=1S/C16H22F2N2O/c1-16(2,12-7-4-8-13(17)15(12)18)19-14(21)10-11-6-5-9-20(11)3/h4,7-8,11H,5-6,9-10H2,1-3H3,(H,19,21)/t11-/m0/s1. The van der Waals surface area contributed by atoms with E-state index in [9.17, 15) is 13.6 Å². The van der Waals surface area contributed by atoms with Gasteiger partial charge in [-0.3, -0.25) is 4.79 Å². The molecule has 1 saturated heterocycles. The molecule has 0 unspecified atom stereocenters. The van der Waals surface area contributed by atoms with Crippen molar-refractivity contribution >= 4 is 5.91 Å². The Kier molecular flexibility index (Phi) is 4.61. The van der Waals surface area contributed by atoms with E-state index in [4.69, 9.17) is 0 Å². The Morgan fingerprint density at radius 1 is 1.43 bits per heavy atom. The lowest BCUT2D eigenvalue weighted by Crippen LogP contribution is -2.44. The van der Waals surface area contributed by atoms with Crippen LogP contribution >= 0.6 is 0 Å². The third kappa shape index (κ3) is 3.59. The highest BCUT2D eigenvalue weighted by Gasteiger charge is 2.30. The lowest BCUT2D eigenvalue weighted by atomic mass is 9.93. The van der Waals surface area contributed by atoms with Crippen LogP contribution in [0.3, 0.4) is 0 Å². The second-order valence-corrected chi connectivity index (χ2v) is 6.26. The number of halogens is 2. The Morgan fingerprint density at radius 3 is 2.76 bits per heavy atom. The van der Waals surface area contributed by atoms with Crippen LogP contribution in [0.5, 0.6) is 0 Å². The molecule has 0 saturated carbocycles. The number of hydrogen-bond donors (Lipinski definition) is 1. The van der Waals surface area contributed by atoms with Crippen LogP contribution in [0.4, 0.5) is 8.78 Å². The van der Waals surface area contributed by atoms with Gasteiger partial charge >= 0.3 is 0 Å². The number of carbonyl (C=O) groups excluding carboxylic acids is 1. The average Bonchev–Trinajstić information content (AvgIpc) is 2.77. The van der Waals surface area contributed by atoms with Crippen molar-refractivity contribution in [1.82, 2.24) is 10.2 Å². The highest BCUT2D eigenvalue weighted by molar-refractivity contribution is 5.77. The molecule has 1 aliphatic heterocycles. The largest absolute Gasteiger partial charge is 0.347 e. The second kappa shape index (κ2) is 6.10. The van der Waals surface area contributed by atoms with Gasteiger partial charge in [-0.15, -0.1) is 0 Å². The van der Waals surface area contributed by atoms with Crippen LogP contribution in [0.15, 0.2) is 18.2 Å². The maximum Gasteiger partial charge on any atom is 0.222 e. The average molecular weight is 296 g/mol. The molecule has 116 valence electrons. The van der Waals surface area contributed by atoms with Gasteiger partial charge in [-0.25, -0.2) is 8.78 Å². The van der Waals surface area contributed by atoms with Crippen molar-refractivity contribution in [3.05, 3.63) is 35.4 Å². The predicted octanol–water partition coefficient (Wildman–Crippen LogP) is 2.80. The van der Waals surface area contributed by atoms with E-state index < -0.39 is 17.2 Å². The zero-order chi connectivity index (χ0) is 15.6. The molecule has 1 N–H and O–H groups in total. The predicted molar refractivity (Wildman–Crippen MR) is 77.8 cm³/mol. The van der Waals surface area contributed by atoms with E-state index in [-0.39, 0.29) is 17.5 Å². The van der Waals surface area contributed by atoms with Gasteiger partial charge in [-0.1, -0.05) is 12.1 Å². The highest BCUT2D eigenvalue weighted by atomic mass is 19.2. The summed E-state index contributed by atoms with van der Waals surface area (Å²) in [5, 5.41) is 2.82. The Bertz CT molecular complexity index is 531. The van der Waals surface area contributed by atoms with E-state index in [2.05, 4.69) is 10.2 Å². The quantitative estimate of drug-likeness (QED) is 0.926. The zero-order valence-corrected chi connectivity index (χ0v) is 12.7. The molecule has 5 heteroatoms. The van der Waals surface area contributed by atoms with E-state index >= 15 is 0 Å². The van der Waals surface area contributed by atoms with Crippen molar-refractivity contribution in [2.45, 2.75) is 44.7 Å². The van der Waals surface area contributed by atoms with Gasteiger partial charge in [0.1, 0.15) is 0 Å². The molecular weight excluding hydrogens is 274 g/mol. The zero-order valence-electron chi connectivity index (χ0n) is 12.7. The van der Waals surface area contributed by atoms with Crippen molar-refractivity contribution < 1.29 is 13.6 Å². The molecule has 21 heavy (non-hydrogen) atoms. The van der Waals surface area contributed by atoms with Crippen LogP contribution < -0.4 is 5.32 Å². The van der Waals surface area contributed by atoms with Crippen molar-refractivity contribution in [2.75, 3.05) is 13.6 Å². The first-order valence-corrected chi connectivity index (χ1v) is 7.27. The summed E-state index contributed by atoms with van der Waals surface area (Å²) in [6.45, 7) is 4.36. The minimum atomic E-state index is -0.944. The normalized spacial score (nSPS) is 19.8. The van der Waals surface area contributed by atoms with E-state index in [0.717, 1.165) is 25.5 Å². The monoisotopic (exact) mass is 296 g/mol. The number of carbonyl (C=O) groups is 1. The summed E-state index contributed by atoms with van der Waals surface area (Å²) in [6, 6.07) is 4.26. The molecule has 1 aromatic carbocycles. The molecule has 1 amide bonds. The van der Waals surface area contributed by atoms with E-state index in [0.29, 0.717) is 6.42 Å². The van der Waals surface area contributed by atoms with Crippen molar-refractivity contribution in [2.24, 2.45) is 0 Å². The van der Waals surface area contributed by atoms with Crippen LogP contribution in [-0.2, 0) is 10.3 Å². The fourth-order valence-electron chi connectivity index (χ4n) is 2.90. The maximum atomic E-state index is 13.9. The maximum absolute atomic E-state index is 13.9. The van der Waals surface area contributed by atoms with Crippen LogP contribution in [-0.4, -0.2) is 30.4 Å². The number of rotatable bonds is 4.